The third-order valence-electron chi connectivity index (χ3n) is 3.79. The van der Waals surface area contributed by atoms with Gasteiger partial charge in [-0.15, -0.1) is 0 Å². The van der Waals surface area contributed by atoms with Crippen molar-refractivity contribution in [3.05, 3.63) is 36.2 Å². The van der Waals surface area contributed by atoms with E-state index < -0.39 is 0 Å². The van der Waals surface area contributed by atoms with Crippen molar-refractivity contribution >= 4 is 11.0 Å². The summed E-state index contributed by atoms with van der Waals surface area (Å²) in [6.07, 6.45) is 4.64. The van der Waals surface area contributed by atoms with Crippen molar-refractivity contribution in [2.75, 3.05) is 39.4 Å². The molecule has 1 aliphatic rings. The monoisotopic (exact) mass is 286 g/mol. The highest BCUT2D eigenvalue weighted by Crippen LogP contribution is 2.10. The maximum Gasteiger partial charge on any atom is 0.0890 e. The maximum atomic E-state index is 5.35. The summed E-state index contributed by atoms with van der Waals surface area (Å²) in [5.41, 5.74) is 3.17. The Morgan fingerprint density at radius 1 is 1.10 bits per heavy atom. The van der Waals surface area contributed by atoms with Crippen LogP contribution in [0.3, 0.4) is 0 Å². The van der Waals surface area contributed by atoms with Gasteiger partial charge in [-0.25, -0.2) is 0 Å². The van der Waals surface area contributed by atoms with Gasteiger partial charge in [0.25, 0.3) is 0 Å². The van der Waals surface area contributed by atoms with Gasteiger partial charge in [-0.3, -0.25) is 14.9 Å². The van der Waals surface area contributed by atoms with E-state index >= 15 is 0 Å². The fraction of sp³-hybridized carbons (Fsp3) is 0.500. The number of benzene rings is 1. The van der Waals surface area contributed by atoms with Crippen molar-refractivity contribution in [1.29, 1.82) is 0 Å². The summed E-state index contributed by atoms with van der Waals surface area (Å²) in [4.78, 5) is 11.1. The fourth-order valence-corrected chi connectivity index (χ4v) is 2.60. The molecule has 0 spiro atoms. The van der Waals surface area contributed by atoms with E-state index in [1.807, 2.05) is 6.07 Å². The number of fused-ring (bicyclic) bond motifs is 1. The summed E-state index contributed by atoms with van der Waals surface area (Å²) < 4.78 is 5.35. The second-order valence-electron chi connectivity index (χ2n) is 5.36. The molecule has 21 heavy (non-hydrogen) atoms. The molecule has 0 amide bonds. The van der Waals surface area contributed by atoms with Crippen molar-refractivity contribution in [3.63, 3.8) is 0 Å². The van der Waals surface area contributed by atoms with E-state index in [4.69, 9.17) is 4.74 Å². The first kappa shape index (κ1) is 14.4. The quantitative estimate of drug-likeness (QED) is 0.814. The number of morpholine rings is 1. The summed E-state index contributed by atoms with van der Waals surface area (Å²) in [6.45, 7) is 6.98. The molecule has 1 fully saturated rings. The summed E-state index contributed by atoms with van der Waals surface area (Å²) in [5.74, 6) is 0. The van der Waals surface area contributed by atoms with Gasteiger partial charge in [-0.1, -0.05) is 6.07 Å². The second kappa shape index (κ2) is 7.45. The molecule has 0 atom stereocenters. The molecule has 0 radical (unpaired) electrons. The molecule has 0 saturated carbocycles. The Labute approximate surface area is 125 Å². The van der Waals surface area contributed by atoms with Crippen LogP contribution in [-0.2, 0) is 11.3 Å². The van der Waals surface area contributed by atoms with Crippen molar-refractivity contribution < 1.29 is 4.74 Å². The van der Waals surface area contributed by atoms with Crippen molar-refractivity contribution in [3.8, 4) is 0 Å². The molecule has 2 aromatic rings. The van der Waals surface area contributed by atoms with Gasteiger partial charge in [0.15, 0.2) is 0 Å². The van der Waals surface area contributed by atoms with Gasteiger partial charge in [-0.05, 0) is 37.2 Å². The minimum absolute atomic E-state index is 0.881. The zero-order valence-electron chi connectivity index (χ0n) is 12.3. The van der Waals surface area contributed by atoms with Gasteiger partial charge in [0.2, 0.25) is 0 Å². The van der Waals surface area contributed by atoms with Crippen LogP contribution >= 0.6 is 0 Å². The Bertz CT molecular complexity index is 569. The van der Waals surface area contributed by atoms with Gasteiger partial charge in [0, 0.05) is 32.0 Å². The SMILES string of the molecule is c1cnc2cc(CNCCCN3CCOCC3)ccc2n1. The molecule has 1 N–H and O–H groups in total. The maximum absolute atomic E-state index is 5.35. The molecule has 1 aliphatic heterocycles. The predicted molar refractivity (Wildman–Crippen MR) is 83.1 cm³/mol. The highest BCUT2D eigenvalue weighted by atomic mass is 16.5. The number of rotatable bonds is 6. The first-order chi connectivity index (χ1) is 10.4. The zero-order valence-corrected chi connectivity index (χ0v) is 12.3. The van der Waals surface area contributed by atoms with E-state index in [9.17, 15) is 0 Å². The minimum atomic E-state index is 0.881. The van der Waals surface area contributed by atoms with Crippen LogP contribution in [0.2, 0.25) is 0 Å². The molecule has 2 heterocycles. The highest BCUT2D eigenvalue weighted by Gasteiger charge is 2.08. The first-order valence-electron chi connectivity index (χ1n) is 7.62. The standard InChI is InChI=1S/C16H22N4O/c1(7-20-8-10-21-11-9-20)4-17-13-14-2-3-15-16(12-14)19-6-5-18-15/h2-3,5-6,12,17H,1,4,7-11,13H2. The molecule has 3 rings (SSSR count). The van der Waals surface area contributed by atoms with E-state index in [0.717, 1.165) is 57.0 Å². The summed E-state index contributed by atoms with van der Waals surface area (Å²) in [5, 5.41) is 3.50. The number of nitrogens with one attached hydrogen (secondary N) is 1. The largest absolute Gasteiger partial charge is 0.379 e. The van der Waals surface area contributed by atoms with Gasteiger partial charge in [0.1, 0.15) is 0 Å². The Morgan fingerprint density at radius 2 is 1.90 bits per heavy atom. The Kier molecular flexibility index (Phi) is 5.10. The molecule has 1 saturated heterocycles. The van der Waals surface area contributed by atoms with Crippen LogP contribution in [0.1, 0.15) is 12.0 Å². The lowest BCUT2D eigenvalue weighted by Crippen LogP contribution is -2.37. The van der Waals surface area contributed by atoms with E-state index in [1.165, 1.54) is 12.0 Å². The number of ether oxygens (including phenoxy) is 1. The molecule has 0 aliphatic carbocycles. The smallest absolute Gasteiger partial charge is 0.0890 e. The van der Waals surface area contributed by atoms with E-state index in [0.29, 0.717) is 0 Å². The van der Waals surface area contributed by atoms with Crippen LogP contribution in [0.15, 0.2) is 30.6 Å². The lowest BCUT2D eigenvalue weighted by atomic mass is 10.2. The van der Waals surface area contributed by atoms with Crippen molar-refractivity contribution in [2.45, 2.75) is 13.0 Å². The van der Waals surface area contributed by atoms with E-state index in [1.54, 1.807) is 12.4 Å². The van der Waals surface area contributed by atoms with Crippen LogP contribution in [-0.4, -0.2) is 54.3 Å². The van der Waals surface area contributed by atoms with Gasteiger partial charge < -0.3 is 10.1 Å². The molecular weight excluding hydrogens is 264 g/mol. The van der Waals surface area contributed by atoms with Crippen LogP contribution in [0.25, 0.3) is 11.0 Å². The number of hydrogen-bond donors (Lipinski definition) is 1. The van der Waals surface area contributed by atoms with E-state index in [-0.39, 0.29) is 0 Å². The summed E-state index contributed by atoms with van der Waals surface area (Å²) >= 11 is 0. The third kappa shape index (κ3) is 4.20. The van der Waals surface area contributed by atoms with Crippen LogP contribution in [0.5, 0.6) is 0 Å². The lowest BCUT2D eigenvalue weighted by Gasteiger charge is -2.26. The molecule has 0 unspecified atom stereocenters. The molecular formula is C16H22N4O. The Balaban J connectivity index is 1.39. The molecule has 1 aromatic heterocycles. The first-order valence-corrected chi connectivity index (χ1v) is 7.62. The molecule has 5 nitrogen and oxygen atoms in total. The highest BCUT2D eigenvalue weighted by molar-refractivity contribution is 5.74. The number of nitrogens with zero attached hydrogens (tertiary/aromatic N) is 3. The average Bonchev–Trinajstić information content (AvgIpc) is 2.55. The number of hydrogen-bond acceptors (Lipinski definition) is 5. The van der Waals surface area contributed by atoms with Crippen LogP contribution < -0.4 is 5.32 Å². The minimum Gasteiger partial charge on any atom is -0.379 e. The number of aromatic nitrogens is 2. The Hall–Kier alpha value is -1.56. The molecule has 1 aromatic carbocycles. The Morgan fingerprint density at radius 3 is 2.76 bits per heavy atom. The van der Waals surface area contributed by atoms with Crippen molar-refractivity contribution in [2.24, 2.45) is 0 Å². The van der Waals surface area contributed by atoms with Crippen molar-refractivity contribution in [1.82, 2.24) is 20.2 Å². The molecule has 112 valence electrons. The molecule has 5 heteroatoms. The van der Waals surface area contributed by atoms with E-state index in [2.05, 4.69) is 32.3 Å². The topological polar surface area (TPSA) is 50.3 Å². The second-order valence-corrected chi connectivity index (χ2v) is 5.36. The predicted octanol–water partition coefficient (Wildman–Crippen LogP) is 1.44. The van der Waals surface area contributed by atoms with Crippen LogP contribution in [0.4, 0.5) is 0 Å². The third-order valence-corrected chi connectivity index (χ3v) is 3.79. The van der Waals surface area contributed by atoms with Crippen LogP contribution in [0, 0.1) is 0 Å². The zero-order chi connectivity index (χ0) is 14.3. The van der Waals surface area contributed by atoms with Gasteiger partial charge in [-0.2, -0.15) is 0 Å². The van der Waals surface area contributed by atoms with Gasteiger partial charge in [0.05, 0.1) is 24.2 Å². The fourth-order valence-electron chi connectivity index (χ4n) is 2.60. The normalized spacial score (nSPS) is 16.4. The summed E-state index contributed by atoms with van der Waals surface area (Å²) in [7, 11) is 0. The van der Waals surface area contributed by atoms with Gasteiger partial charge >= 0.3 is 0 Å². The lowest BCUT2D eigenvalue weighted by molar-refractivity contribution is 0.0374. The molecule has 0 bridgehead atoms. The summed E-state index contributed by atoms with van der Waals surface area (Å²) in [6, 6.07) is 6.26. The average molecular weight is 286 g/mol.